The molecule has 0 bridgehead atoms. The average molecular weight is 274 g/mol. The molecule has 1 atom stereocenters. The second-order valence-corrected chi connectivity index (χ2v) is 4.31. The third-order valence-corrected chi connectivity index (χ3v) is 3.06. The van der Waals surface area contributed by atoms with E-state index < -0.39 is 17.7 Å². The van der Waals surface area contributed by atoms with Gasteiger partial charge in [0.05, 0.1) is 7.11 Å². The van der Waals surface area contributed by atoms with Gasteiger partial charge in [-0.3, -0.25) is 0 Å². The molecule has 0 amide bonds. The van der Waals surface area contributed by atoms with E-state index in [0.717, 1.165) is 18.2 Å². The molecule has 104 valence electrons. The van der Waals surface area contributed by atoms with Crippen LogP contribution in [0, 0.1) is 0 Å². The largest absolute Gasteiger partial charge is 0.509 e. The Labute approximate surface area is 116 Å². The van der Waals surface area contributed by atoms with E-state index in [1.165, 1.54) is 6.08 Å². The van der Waals surface area contributed by atoms with Gasteiger partial charge in [0.15, 0.2) is 0 Å². The van der Waals surface area contributed by atoms with Crippen molar-refractivity contribution in [3.05, 3.63) is 54.1 Å². The third kappa shape index (κ3) is 2.71. The summed E-state index contributed by atoms with van der Waals surface area (Å²) < 4.78 is 9.24. The molecule has 0 saturated carbocycles. The Balaban J connectivity index is 2.23. The summed E-state index contributed by atoms with van der Waals surface area (Å²) in [5.41, 5.74) is 0.155. The van der Waals surface area contributed by atoms with Crippen molar-refractivity contribution in [3.63, 3.8) is 0 Å². The van der Waals surface area contributed by atoms with Gasteiger partial charge in [-0.2, -0.15) is 0 Å². The highest BCUT2D eigenvalue weighted by Crippen LogP contribution is 2.30. The molecule has 0 spiro atoms. The molecule has 1 N–H and O–H groups in total. The van der Waals surface area contributed by atoms with Gasteiger partial charge in [-0.15, -0.1) is 0 Å². The van der Waals surface area contributed by atoms with Crippen LogP contribution in [-0.2, 0) is 14.3 Å². The molecule has 0 aliphatic heterocycles. The van der Waals surface area contributed by atoms with Crippen LogP contribution in [0.15, 0.2) is 48.6 Å². The van der Waals surface area contributed by atoms with Crippen molar-refractivity contribution in [1.29, 1.82) is 0 Å². The average Bonchev–Trinajstić information content (AvgIpc) is 2.48. The van der Waals surface area contributed by atoms with E-state index in [-0.39, 0.29) is 6.42 Å². The number of ether oxygens (including phenoxy) is 2. The van der Waals surface area contributed by atoms with Gasteiger partial charge in [0, 0.05) is 6.42 Å². The van der Waals surface area contributed by atoms with Crippen molar-refractivity contribution in [3.8, 4) is 0 Å². The maximum atomic E-state index is 11.4. The molecule has 20 heavy (non-hydrogen) atoms. The normalized spacial score (nSPS) is 20.9. The number of allylic oxidation sites excluding steroid dienone is 2. The molecule has 1 aliphatic carbocycles. The summed E-state index contributed by atoms with van der Waals surface area (Å²) in [5.74, 6) is -1.23. The second-order valence-electron chi connectivity index (χ2n) is 4.31. The van der Waals surface area contributed by atoms with Crippen molar-refractivity contribution in [2.45, 2.75) is 12.0 Å². The molecule has 0 saturated heterocycles. The van der Waals surface area contributed by atoms with Crippen molar-refractivity contribution < 1.29 is 24.2 Å². The zero-order chi connectivity index (χ0) is 14.6. The number of benzene rings is 1. The first kappa shape index (κ1) is 13.9. The van der Waals surface area contributed by atoms with Crippen LogP contribution in [0.25, 0.3) is 5.57 Å². The Hall–Kier alpha value is -2.56. The SMILES string of the molecule is COC(=O)OC1(C(=O)O)C=CC(c2ccccc2)=CC1. The molecular formula is C15H14O5. The quantitative estimate of drug-likeness (QED) is 0.858. The minimum atomic E-state index is -1.70. The number of carboxylic acid groups (broad SMARTS) is 1. The predicted molar refractivity (Wildman–Crippen MR) is 72.0 cm³/mol. The van der Waals surface area contributed by atoms with Gasteiger partial charge in [0.25, 0.3) is 0 Å². The highest BCUT2D eigenvalue weighted by molar-refractivity contribution is 5.87. The molecular weight excluding hydrogens is 260 g/mol. The van der Waals surface area contributed by atoms with Gasteiger partial charge in [0.1, 0.15) is 0 Å². The number of carbonyl (C=O) groups excluding carboxylic acids is 1. The Morgan fingerprint density at radius 1 is 1.25 bits per heavy atom. The summed E-state index contributed by atoms with van der Waals surface area (Å²) in [5, 5.41) is 9.28. The first-order chi connectivity index (χ1) is 9.57. The highest BCUT2D eigenvalue weighted by atomic mass is 16.7. The summed E-state index contributed by atoms with van der Waals surface area (Å²) in [7, 11) is 1.13. The molecule has 1 aromatic rings. The minimum Gasteiger partial charge on any atom is -0.478 e. The first-order valence-electron chi connectivity index (χ1n) is 6.02. The van der Waals surface area contributed by atoms with E-state index in [1.807, 2.05) is 30.3 Å². The van der Waals surface area contributed by atoms with Crippen LogP contribution in [0.5, 0.6) is 0 Å². The Bertz CT molecular complexity index is 573. The van der Waals surface area contributed by atoms with Gasteiger partial charge >= 0.3 is 12.1 Å². The topological polar surface area (TPSA) is 72.8 Å². The van der Waals surface area contributed by atoms with E-state index in [2.05, 4.69) is 4.74 Å². The number of hydrogen-bond donors (Lipinski definition) is 1. The molecule has 5 nitrogen and oxygen atoms in total. The first-order valence-corrected chi connectivity index (χ1v) is 6.02. The Morgan fingerprint density at radius 3 is 2.45 bits per heavy atom. The van der Waals surface area contributed by atoms with Crippen LogP contribution in [0.4, 0.5) is 4.79 Å². The lowest BCUT2D eigenvalue weighted by molar-refractivity contribution is -0.155. The zero-order valence-corrected chi connectivity index (χ0v) is 10.9. The lowest BCUT2D eigenvalue weighted by atomic mass is 9.89. The summed E-state index contributed by atoms with van der Waals surface area (Å²) in [6, 6.07) is 9.54. The van der Waals surface area contributed by atoms with E-state index >= 15 is 0 Å². The van der Waals surface area contributed by atoms with E-state index in [4.69, 9.17) is 4.74 Å². The van der Waals surface area contributed by atoms with Crippen molar-refractivity contribution in [1.82, 2.24) is 0 Å². The van der Waals surface area contributed by atoms with Gasteiger partial charge < -0.3 is 14.6 Å². The maximum absolute atomic E-state index is 11.4. The number of methoxy groups -OCH3 is 1. The fourth-order valence-electron chi connectivity index (χ4n) is 1.94. The predicted octanol–water partition coefficient (Wildman–Crippen LogP) is 2.64. The van der Waals surface area contributed by atoms with Crippen LogP contribution < -0.4 is 0 Å². The van der Waals surface area contributed by atoms with Crippen LogP contribution in [0.3, 0.4) is 0 Å². The van der Waals surface area contributed by atoms with Crippen LogP contribution in [0.2, 0.25) is 0 Å². The van der Waals surface area contributed by atoms with Crippen molar-refractivity contribution in [2.75, 3.05) is 7.11 Å². The van der Waals surface area contributed by atoms with Crippen LogP contribution >= 0.6 is 0 Å². The Kier molecular flexibility index (Phi) is 3.89. The number of hydrogen-bond acceptors (Lipinski definition) is 4. The van der Waals surface area contributed by atoms with Gasteiger partial charge in [-0.05, 0) is 17.2 Å². The molecule has 0 fully saturated rings. The third-order valence-electron chi connectivity index (χ3n) is 3.06. The molecule has 5 heteroatoms. The van der Waals surface area contributed by atoms with Gasteiger partial charge in [0.2, 0.25) is 5.60 Å². The van der Waals surface area contributed by atoms with E-state index in [0.29, 0.717) is 0 Å². The molecule has 2 rings (SSSR count). The van der Waals surface area contributed by atoms with Gasteiger partial charge in [-0.1, -0.05) is 42.5 Å². The van der Waals surface area contributed by atoms with E-state index in [1.54, 1.807) is 12.2 Å². The van der Waals surface area contributed by atoms with Gasteiger partial charge in [-0.25, -0.2) is 9.59 Å². The number of carboxylic acids is 1. The Morgan fingerprint density at radius 2 is 1.95 bits per heavy atom. The molecule has 1 aromatic carbocycles. The summed E-state index contributed by atoms with van der Waals surface area (Å²) in [6.45, 7) is 0. The molecule has 0 aromatic heterocycles. The highest BCUT2D eigenvalue weighted by Gasteiger charge is 2.41. The summed E-state index contributed by atoms with van der Waals surface area (Å²) in [6.07, 6.45) is 3.77. The van der Waals surface area contributed by atoms with Crippen LogP contribution in [-0.4, -0.2) is 29.9 Å². The number of carbonyl (C=O) groups is 2. The minimum absolute atomic E-state index is 0.0537. The smallest absolute Gasteiger partial charge is 0.478 e. The van der Waals surface area contributed by atoms with E-state index in [9.17, 15) is 14.7 Å². The maximum Gasteiger partial charge on any atom is 0.509 e. The van der Waals surface area contributed by atoms with Crippen molar-refractivity contribution in [2.24, 2.45) is 0 Å². The molecule has 1 aliphatic rings. The fourth-order valence-corrected chi connectivity index (χ4v) is 1.94. The standard InChI is InChI=1S/C15H14O5/c1-19-14(18)20-15(13(16)17)9-7-12(8-10-15)11-5-3-2-4-6-11/h2-9H,10H2,1H3,(H,16,17). The monoisotopic (exact) mass is 274 g/mol. The molecule has 1 unspecified atom stereocenters. The number of rotatable bonds is 3. The molecule has 0 heterocycles. The van der Waals surface area contributed by atoms with Crippen molar-refractivity contribution >= 4 is 17.7 Å². The fraction of sp³-hybridized carbons (Fsp3) is 0.200. The molecule has 0 radical (unpaired) electrons. The summed E-state index contributed by atoms with van der Waals surface area (Å²) >= 11 is 0. The summed E-state index contributed by atoms with van der Waals surface area (Å²) in [4.78, 5) is 22.5. The lowest BCUT2D eigenvalue weighted by Gasteiger charge is -2.27. The second kappa shape index (κ2) is 5.61. The number of aliphatic carboxylic acids is 1. The van der Waals surface area contributed by atoms with Crippen LogP contribution in [0.1, 0.15) is 12.0 Å². The zero-order valence-electron chi connectivity index (χ0n) is 10.9. The lowest BCUT2D eigenvalue weighted by Crippen LogP contribution is -2.42.